The summed E-state index contributed by atoms with van der Waals surface area (Å²) in [6.07, 6.45) is 2.16. The molecule has 112 valence electrons. The van der Waals surface area contributed by atoms with Crippen molar-refractivity contribution in [3.05, 3.63) is 47.2 Å². The quantitative estimate of drug-likeness (QED) is 0.287. The number of Topliss-reactive ketones (excluding diaryl/α,β-unsaturated/α-hetero) is 1. The first kappa shape index (κ1) is 15.0. The molecule has 2 unspecified atom stereocenters. The van der Waals surface area contributed by atoms with Gasteiger partial charge in [0.2, 0.25) is 0 Å². The smallest absolute Gasteiger partial charge is 0.329 e. The maximum atomic E-state index is 13.5. The lowest BCUT2D eigenvalue weighted by molar-refractivity contribution is -0.131. The number of aliphatic carboxylic acids is 1. The van der Waals surface area contributed by atoms with Gasteiger partial charge in [-0.05, 0) is 12.5 Å². The number of ketones is 1. The van der Waals surface area contributed by atoms with Crippen LogP contribution >= 0.6 is 0 Å². The third-order valence-electron chi connectivity index (χ3n) is 3.03. The lowest BCUT2D eigenvalue weighted by Gasteiger charge is -2.05. The number of hydrogen-bond acceptors (Lipinski definition) is 3. The number of rotatable bonds is 5. The predicted molar refractivity (Wildman–Crippen MR) is 62.4 cm³/mol. The molecule has 4 nitrogen and oxygen atoms in total. The van der Waals surface area contributed by atoms with Crippen molar-refractivity contribution in [1.82, 2.24) is 5.32 Å². The van der Waals surface area contributed by atoms with E-state index in [1.807, 2.05) is 0 Å². The molecule has 0 heterocycles. The van der Waals surface area contributed by atoms with Crippen LogP contribution in [0.1, 0.15) is 16.8 Å². The highest BCUT2D eigenvalue weighted by molar-refractivity contribution is 6.00. The largest absolute Gasteiger partial charge is 0.478 e. The van der Waals surface area contributed by atoms with Gasteiger partial charge >= 0.3 is 5.97 Å². The van der Waals surface area contributed by atoms with Gasteiger partial charge in [0.05, 0.1) is 5.56 Å². The van der Waals surface area contributed by atoms with Gasteiger partial charge in [0.25, 0.3) is 0 Å². The number of hydrogen-bond donors (Lipinski definition) is 2. The van der Waals surface area contributed by atoms with Gasteiger partial charge in [-0.15, -0.1) is 0 Å². The van der Waals surface area contributed by atoms with Crippen LogP contribution in [0.15, 0.2) is 18.3 Å². The van der Waals surface area contributed by atoms with E-state index in [1.165, 1.54) is 0 Å². The average molecular weight is 303 g/mol. The standard InChI is InChI=1S/C13H9F4NO3/c14-7-3-6(10(15)12(17)11(7)16)13(21)5-4-8(5)18-2-1-9(19)20/h1-3,5,8,18H,4H2,(H,19,20). The number of carboxylic acids is 1. The highest BCUT2D eigenvalue weighted by Gasteiger charge is 2.44. The number of benzene rings is 1. The summed E-state index contributed by atoms with van der Waals surface area (Å²) >= 11 is 0. The summed E-state index contributed by atoms with van der Waals surface area (Å²) in [7, 11) is 0. The third kappa shape index (κ3) is 3.04. The highest BCUT2D eigenvalue weighted by Crippen LogP contribution is 2.35. The van der Waals surface area contributed by atoms with E-state index >= 15 is 0 Å². The Bertz CT molecular complexity index is 645. The molecule has 1 saturated carbocycles. The Balaban J connectivity index is 2.11. The van der Waals surface area contributed by atoms with Gasteiger partial charge < -0.3 is 10.4 Å². The molecular weight excluding hydrogens is 294 g/mol. The summed E-state index contributed by atoms with van der Waals surface area (Å²) in [6.45, 7) is 0. The minimum absolute atomic E-state index is 0.253. The molecular formula is C13H9F4NO3. The van der Waals surface area contributed by atoms with E-state index in [0.717, 1.165) is 12.3 Å². The van der Waals surface area contributed by atoms with Gasteiger partial charge in [0, 0.05) is 24.2 Å². The topological polar surface area (TPSA) is 66.4 Å². The summed E-state index contributed by atoms with van der Waals surface area (Å²) in [5, 5.41) is 10.9. The van der Waals surface area contributed by atoms with Crippen LogP contribution in [0, 0.1) is 29.2 Å². The molecule has 8 heteroatoms. The number of carboxylic acid groups (broad SMARTS) is 1. The summed E-state index contributed by atoms with van der Waals surface area (Å²) < 4.78 is 52.3. The van der Waals surface area contributed by atoms with Crippen molar-refractivity contribution in [3.8, 4) is 0 Å². The van der Waals surface area contributed by atoms with Crippen LogP contribution in [-0.4, -0.2) is 22.9 Å². The highest BCUT2D eigenvalue weighted by atomic mass is 19.2. The summed E-state index contributed by atoms with van der Waals surface area (Å²) in [4.78, 5) is 22.1. The first-order valence-corrected chi connectivity index (χ1v) is 5.85. The van der Waals surface area contributed by atoms with Crippen molar-refractivity contribution in [2.45, 2.75) is 12.5 Å². The second-order valence-electron chi connectivity index (χ2n) is 4.50. The molecule has 0 bridgehead atoms. The fraction of sp³-hybridized carbons (Fsp3) is 0.231. The van der Waals surface area contributed by atoms with E-state index in [-0.39, 0.29) is 6.42 Å². The van der Waals surface area contributed by atoms with Crippen molar-refractivity contribution in [1.29, 1.82) is 0 Å². The van der Waals surface area contributed by atoms with E-state index in [9.17, 15) is 27.2 Å². The fourth-order valence-electron chi connectivity index (χ4n) is 1.86. The van der Waals surface area contributed by atoms with Gasteiger partial charge in [0.1, 0.15) is 0 Å². The van der Waals surface area contributed by atoms with Gasteiger partial charge in [0.15, 0.2) is 29.1 Å². The maximum Gasteiger partial charge on any atom is 0.329 e. The van der Waals surface area contributed by atoms with Gasteiger partial charge in [-0.2, -0.15) is 0 Å². The molecule has 2 rings (SSSR count). The lowest BCUT2D eigenvalue weighted by atomic mass is 10.1. The van der Waals surface area contributed by atoms with Crippen molar-refractivity contribution in [2.75, 3.05) is 0 Å². The van der Waals surface area contributed by atoms with E-state index in [4.69, 9.17) is 5.11 Å². The first-order chi connectivity index (χ1) is 9.82. The Hall–Kier alpha value is -2.38. The fourth-order valence-corrected chi connectivity index (χ4v) is 1.86. The second kappa shape index (κ2) is 5.55. The number of carbonyl (C=O) groups excluding carboxylic acids is 1. The summed E-state index contributed by atoms with van der Waals surface area (Å²) in [5.41, 5.74) is -0.858. The minimum atomic E-state index is -2.03. The molecule has 0 radical (unpaired) electrons. The Morgan fingerprint density at radius 2 is 1.86 bits per heavy atom. The summed E-state index contributed by atoms with van der Waals surface area (Å²) in [6, 6.07) is -0.137. The van der Waals surface area contributed by atoms with Crippen molar-refractivity contribution in [3.63, 3.8) is 0 Å². The molecule has 0 aliphatic heterocycles. The molecule has 21 heavy (non-hydrogen) atoms. The van der Waals surface area contributed by atoms with Gasteiger partial charge in [-0.1, -0.05) is 0 Å². The van der Waals surface area contributed by atoms with Crippen LogP contribution in [0.4, 0.5) is 17.6 Å². The van der Waals surface area contributed by atoms with Crippen molar-refractivity contribution in [2.24, 2.45) is 5.92 Å². The molecule has 0 saturated heterocycles. The summed E-state index contributed by atoms with van der Waals surface area (Å²) in [5.74, 6) is -10.2. The zero-order chi connectivity index (χ0) is 15.7. The van der Waals surface area contributed by atoms with E-state index in [0.29, 0.717) is 6.07 Å². The molecule has 2 N–H and O–H groups in total. The Labute approximate surface area is 116 Å². The molecule has 2 atom stereocenters. The Kier molecular flexibility index (Phi) is 3.97. The van der Waals surface area contributed by atoms with Crippen LogP contribution in [0.25, 0.3) is 0 Å². The Morgan fingerprint density at radius 3 is 2.48 bits per heavy atom. The van der Waals surface area contributed by atoms with Crippen LogP contribution < -0.4 is 5.32 Å². The second-order valence-corrected chi connectivity index (χ2v) is 4.50. The Morgan fingerprint density at radius 1 is 1.19 bits per heavy atom. The first-order valence-electron chi connectivity index (χ1n) is 5.85. The van der Waals surface area contributed by atoms with Gasteiger partial charge in [-0.3, -0.25) is 4.79 Å². The molecule has 0 spiro atoms. The van der Waals surface area contributed by atoms with E-state index < -0.39 is 52.5 Å². The van der Waals surface area contributed by atoms with Crippen molar-refractivity contribution < 1.29 is 32.3 Å². The number of carbonyl (C=O) groups is 2. The molecule has 1 aromatic carbocycles. The van der Waals surface area contributed by atoms with Crippen molar-refractivity contribution >= 4 is 11.8 Å². The lowest BCUT2D eigenvalue weighted by Crippen LogP contribution is -2.17. The molecule has 0 aromatic heterocycles. The zero-order valence-corrected chi connectivity index (χ0v) is 10.4. The number of halogens is 4. The predicted octanol–water partition coefficient (Wildman–Crippen LogP) is 2.00. The van der Waals surface area contributed by atoms with Gasteiger partial charge in [-0.25, -0.2) is 22.4 Å². The molecule has 0 amide bonds. The van der Waals surface area contributed by atoms with E-state index in [1.54, 1.807) is 0 Å². The van der Waals surface area contributed by atoms with E-state index in [2.05, 4.69) is 5.32 Å². The maximum absolute atomic E-state index is 13.5. The number of nitrogens with one attached hydrogen (secondary N) is 1. The molecule has 1 aromatic rings. The molecule has 1 aliphatic carbocycles. The zero-order valence-electron chi connectivity index (χ0n) is 10.4. The minimum Gasteiger partial charge on any atom is -0.478 e. The normalized spacial score (nSPS) is 20.6. The van der Waals surface area contributed by atoms with Crippen LogP contribution in [0.5, 0.6) is 0 Å². The van der Waals surface area contributed by atoms with Crippen LogP contribution in [0.2, 0.25) is 0 Å². The monoisotopic (exact) mass is 303 g/mol. The average Bonchev–Trinajstić information content (AvgIpc) is 3.19. The molecule has 1 fully saturated rings. The van der Waals surface area contributed by atoms with Crippen LogP contribution in [-0.2, 0) is 4.79 Å². The molecule has 1 aliphatic rings. The van der Waals surface area contributed by atoms with Crippen LogP contribution in [0.3, 0.4) is 0 Å². The SMILES string of the molecule is O=C(O)C=CNC1CC1C(=O)c1cc(F)c(F)c(F)c1F. The third-order valence-corrected chi connectivity index (χ3v) is 3.03.